The molecule has 0 aromatic rings. The molecular weight excluding hydrogens is 354 g/mol. The van der Waals surface area contributed by atoms with E-state index in [0.717, 1.165) is 0 Å². The first-order valence-corrected chi connectivity index (χ1v) is 4.24. The molecule has 0 atom stereocenters. The Labute approximate surface area is 86.6 Å². The van der Waals surface area contributed by atoms with Crippen LogP contribution in [0.25, 0.3) is 0 Å². The summed E-state index contributed by atoms with van der Waals surface area (Å²) in [6.07, 6.45) is 0. The standard InChI is InChI=1S/C7I2O/c8-6-4-2-1-3-5-7(9)10. The summed E-state index contributed by atoms with van der Waals surface area (Å²) in [4.78, 5) is 10.2. The largest absolute Gasteiger partial charge is 0.273 e. The zero-order chi connectivity index (χ0) is 7.82. The molecule has 0 radical (unpaired) electrons. The van der Waals surface area contributed by atoms with E-state index < -0.39 is 0 Å². The van der Waals surface area contributed by atoms with Gasteiger partial charge in [-0.05, 0) is 33.5 Å². The lowest BCUT2D eigenvalue weighted by molar-refractivity contribution is -0.104. The van der Waals surface area contributed by atoms with Crippen molar-refractivity contribution in [2.75, 3.05) is 0 Å². The van der Waals surface area contributed by atoms with Crippen LogP contribution in [-0.4, -0.2) is 3.79 Å². The van der Waals surface area contributed by atoms with E-state index in [1.807, 2.05) is 22.6 Å². The van der Waals surface area contributed by atoms with Crippen LogP contribution in [0.15, 0.2) is 0 Å². The Hall–Kier alpha value is -0.190. The van der Waals surface area contributed by atoms with Crippen molar-refractivity contribution in [1.29, 1.82) is 0 Å². The highest BCUT2D eigenvalue weighted by atomic mass is 127. The molecule has 0 amide bonds. The summed E-state index contributed by atoms with van der Waals surface area (Å²) in [5, 5.41) is 0. The fraction of sp³-hybridized carbons (Fsp3) is 0. The van der Waals surface area contributed by atoms with Gasteiger partial charge in [-0.25, -0.2) is 0 Å². The summed E-state index contributed by atoms with van der Waals surface area (Å²) in [7, 11) is 0. The summed E-state index contributed by atoms with van der Waals surface area (Å²) in [5.74, 6) is 11.9. The number of rotatable bonds is 0. The number of hydrogen-bond donors (Lipinski definition) is 0. The summed E-state index contributed by atoms with van der Waals surface area (Å²) in [6.45, 7) is 0. The maximum Gasteiger partial charge on any atom is 0.265 e. The van der Waals surface area contributed by atoms with Crippen LogP contribution in [0.3, 0.4) is 0 Å². The number of carbonyl (C=O) groups is 1. The van der Waals surface area contributed by atoms with Crippen molar-refractivity contribution < 1.29 is 4.79 Å². The Bertz CT molecular complexity index is 298. The lowest BCUT2D eigenvalue weighted by Crippen LogP contribution is -1.71. The summed E-state index contributed by atoms with van der Waals surface area (Å²) in [6, 6.07) is 0. The molecule has 3 heteroatoms. The minimum Gasteiger partial charge on any atom is -0.273 e. The van der Waals surface area contributed by atoms with Crippen LogP contribution in [0.2, 0.25) is 0 Å². The predicted octanol–water partition coefficient (Wildman–Crippen LogP) is 1.35. The fourth-order valence-corrected chi connectivity index (χ4v) is 0.436. The van der Waals surface area contributed by atoms with Gasteiger partial charge in [-0.1, -0.05) is 0 Å². The molecule has 0 fully saturated rings. The van der Waals surface area contributed by atoms with Crippen molar-refractivity contribution in [3.63, 3.8) is 0 Å². The molecule has 0 N–H and O–H groups in total. The molecule has 48 valence electrons. The molecule has 0 saturated heterocycles. The predicted molar refractivity (Wildman–Crippen MR) is 56.4 cm³/mol. The van der Waals surface area contributed by atoms with Crippen molar-refractivity contribution in [1.82, 2.24) is 0 Å². The highest BCUT2D eigenvalue weighted by Crippen LogP contribution is 1.78. The molecule has 0 unspecified atom stereocenters. The topological polar surface area (TPSA) is 17.1 Å². The molecule has 10 heavy (non-hydrogen) atoms. The van der Waals surface area contributed by atoms with Gasteiger partial charge in [-0.15, -0.1) is 0 Å². The Morgan fingerprint density at radius 2 is 1.70 bits per heavy atom. The first-order valence-electron chi connectivity index (χ1n) is 2.08. The average molecular weight is 354 g/mol. The summed E-state index contributed by atoms with van der Waals surface area (Å²) >= 11 is 3.46. The van der Waals surface area contributed by atoms with Gasteiger partial charge in [0.05, 0.1) is 0 Å². The molecule has 0 heterocycles. The minimum absolute atomic E-state index is 0.214. The lowest BCUT2D eigenvalue weighted by Gasteiger charge is -1.60. The quantitative estimate of drug-likeness (QED) is 0.365. The van der Waals surface area contributed by atoms with Crippen LogP contribution in [0.5, 0.6) is 0 Å². The number of hydrogen-bond acceptors (Lipinski definition) is 1. The van der Waals surface area contributed by atoms with Gasteiger partial charge in [0.25, 0.3) is 3.79 Å². The zero-order valence-corrected chi connectivity index (χ0v) is 8.98. The Kier molecular flexibility index (Phi) is 6.79. The number of halogens is 2. The first kappa shape index (κ1) is 9.81. The monoisotopic (exact) mass is 354 g/mol. The van der Waals surface area contributed by atoms with Crippen molar-refractivity contribution in [3.8, 4) is 33.5 Å². The van der Waals surface area contributed by atoms with E-state index in [1.54, 1.807) is 22.6 Å². The lowest BCUT2D eigenvalue weighted by atomic mass is 10.5. The average Bonchev–Trinajstić information content (AvgIpc) is 1.87. The van der Waals surface area contributed by atoms with Crippen LogP contribution in [0.4, 0.5) is 0 Å². The smallest absolute Gasteiger partial charge is 0.265 e. The second-order valence-corrected chi connectivity index (χ2v) is 2.51. The van der Waals surface area contributed by atoms with Gasteiger partial charge in [0.1, 0.15) is 0 Å². The van der Waals surface area contributed by atoms with Crippen molar-refractivity contribution >= 4 is 49.0 Å². The van der Waals surface area contributed by atoms with Gasteiger partial charge in [0.2, 0.25) is 0 Å². The maximum absolute atomic E-state index is 10.2. The van der Waals surface area contributed by atoms with Crippen LogP contribution < -0.4 is 0 Å². The van der Waals surface area contributed by atoms with Crippen LogP contribution in [-0.2, 0) is 4.79 Å². The molecule has 0 aliphatic carbocycles. The highest BCUT2D eigenvalue weighted by Gasteiger charge is 1.77. The first-order chi connectivity index (χ1) is 4.77. The Balaban J connectivity index is 3.98. The second kappa shape index (κ2) is 6.92. The van der Waals surface area contributed by atoms with E-state index >= 15 is 0 Å². The van der Waals surface area contributed by atoms with E-state index in [1.165, 1.54) is 0 Å². The van der Waals surface area contributed by atoms with E-state index in [0.29, 0.717) is 0 Å². The molecule has 0 spiro atoms. The van der Waals surface area contributed by atoms with E-state index in [4.69, 9.17) is 0 Å². The van der Waals surface area contributed by atoms with Gasteiger partial charge in [-0.3, -0.25) is 4.79 Å². The molecule has 0 aliphatic rings. The van der Waals surface area contributed by atoms with E-state index in [9.17, 15) is 4.79 Å². The third kappa shape index (κ3) is 7.81. The zero-order valence-electron chi connectivity index (χ0n) is 4.66. The normalized spacial score (nSPS) is 5.00. The van der Waals surface area contributed by atoms with Crippen LogP contribution >= 0.6 is 45.2 Å². The third-order valence-electron chi connectivity index (χ3n) is 0.396. The molecule has 0 aromatic carbocycles. The van der Waals surface area contributed by atoms with Crippen LogP contribution in [0, 0.1) is 33.5 Å². The third-order valence-corrected chi connectivity index (χ3v) is 0.935. The van der Waals surface area contributed by atoms with Gasteiger partial charge in [-0.2, -0.15) is 0 Å². The molecule has 1 nitrogen and oxygen atoms in total. The number of carbonyl (C=O) groups excluding carboxylic acids is 1. The van der Waals surface area contributed by atoms with Gasteiger partial charge >= 0.3 is 0 Å². The molecule has 0 bridgehead atoms. The SMILES string of the molecule is O=C(I)C#CC#CC#CI. The van der Waals surface area contributed by atoms with Gasteiger partial charge < -0.3 is 0 Å². The fourth-order valence-electron chi connectivity index (χ4n) is 0.167. The van der Waals surface area contributed by atoms with E-state index in [-0.39, 0.29) is 3.79 Å². The Morgan fingerprint density at radius 3 is 2.20 bits per heavy atom. The minimum atomic E-state index is -0.214. The van der Waals surface area contributed by atoms with Crippen molar-refractivity contribution in [3.05, 3.63) is 0 Å². The summed E-state index contributed by atoms with van der Waals surface area (Å²) in [5.41, 5.74) is 0. The van der Waals surface area contributed by atoms with Gasteiger partial charge in [0.15, 0.2) is 0 Å². The van der Waals surface area contributed by atoms with Gasteiger partial charge in [0, 0.05) is 45.2 Å². The molecule has 0 rings (SSSR count). The Morgan fingerprint density at radius 1 is 1.10 bits per heavy atom. The van der Waals surface area contributed by atoms with Crippen molar-refractivity contribution in [2.24, 2.45) is 0 Å². The molecule has 0 saturated carbocycles. The highest BCUT2D eigenvalue weighted by molar-refractivity contribution is 14.1. The molecular formula is C7I2O. The van der Waals surface area contributed by atoms with Crippen molar-refractivity contribution in [2.45, 2.75) is 0 Å². The second-order valence-electron chi connectivity index (χ2n) is 0.993. The van der Waals surface area contributed by atoms with E-state index in [2.05, 4.69) is 33.5 Å². The molecule has 0 aromatic heterocycles. The maximum atomic E-state index is 10.2. The summed E-state index contributed by atoms with van der Waals surface area (Å²) < 4.78 is 2.33. The molecule has 0 aliphatic heterocycles. The van der Waals surface area contributed by atoms with Crippen LogP contribution in [0.1, 0.15) is 0 Å².